The number of hydrogen-bond donors (Lipinski definition) is 2. The van der Waals surface area contributed by atoms with E-state index < -0.39 is 5.97 Å². The van der Waals surface area contributed by atoms with Gasteiger partial charge in [-0.3, -0.25) is 14.3 Å². The second-order valence-electron chi connectivity index (χ2n) is 3.55. The van der Waals surface area contributed by atoms with Crippen LogP contribution in [0, 0.1) is 13.8 Å². The molecule has 0 aliphatic carbocycles. The molecule has 0 aromatic carbocycles. The van der Waals surface area contributed by atoms with Crippen molar-refractivity contribution < 1.29 is 14.7 Å². The predicted molar refractivity (Wildman–Crippen MR) is 57.1 cm³/mol. The van der Waals surface area contributed by atoms with Gasteiger partial charge < -0.3 is 10.4 Å². The number of nitrogens with zero attached hydrogens (tertiary/aromatic N) is 2. The van der Waals surface area contributed by atoms with Gasteiger partial charge in [-0.2, -0.15) is 5.10 Å². The molecule has 0 unspecified atom stereocenters. The van der Waals surface area contributed by atoms with Crippen molar-refractivity contribution in [2.24, 2.45) is 0 Å². The van der Waals surface area contributed by atoms with Crippen LogP contribution < -0.4 is 5.32 Å². The molecule has 6 nitrogen and oxygen atoms in total. The standard InChI is InChI=1S/C10H15N3O3/c1-6-8(4-10(15)16)7(2)13(12-6)5-9(14)11-3/h4-5H2,1-3H3,(H,11,14)(H,15,16). The highest BCUT2D eigenvalue weighted by molar-refractivity contribution is 5.75. The first-order valence-electron chi connectivity index (χ1n) is 4.91. The van der Waals surface area contributed by atoms with E-state index in [4.69, 9.17) is 5.11 Å². The maximum Gasteiger partial charge on any atom is 0.307 e. The van der Waals surface area contributed by atoms with E-state index in [9.17, 15) is 9.59 Å². The molecule has 0 aliphatic heterocycles. The Morgan fingerprint density at radius 3 is 2.56 bits per heavy atom. The lowest BCUT2D eigenvalue weighted by Gasteiger charge is -2.03. The Hall–Kier alpha value is -1.85. The molecular weight excluding hydrogens is 210 g/mol. The Labute approximate surface area is 93.3 Å². The molecule has 0 bridgehead atoms. The maximum atomic E-state index is 11.2. The summed E-state index contributed by atoms with van der Waals surface area (Å²) in [4.78, 5) is 21.8. The number of carboxylic acids is 1. The Kier molecular flexibility index (Phi) is 3.65. The van der Waals surface area contributed by atoms with E-state index in [0.29, 0.717) is 11.3 Å². The first-order valence-corrected chi connectivity index (χ1v) is 4.91. The molecule has 1 aromatic heterocycles. The van der Waals surface area contributed by atoms with E-state index in [-0.39, 0.29) is 18.9 Å². The number of hydrogen-bond acceptors (Lipinski definition) is 3. The van der Waals surface area contributed by atoms with Gasteiger partial charge in [0.1, 0.15) is 6.54 Å². The number of carbonyl (C=O) groups excluding carboxylic acids is 1. The Morgan fingerprint density at radius 1 is 1.44 bits per heavy atom. The number of amides is 1. The monoisotopic (exact) mass is 225 g/mol. The zero-order valence-electron chi connectivity index (χ0n) is 9.57. The topological polar surface area (TPSA) is 84.2 Å². The van der Waals surface area contributed by atoms with Crippen LogP contribution in [0.15, 0.2) is 0 Å². The average Bonchev–Trinajstić information content (AvgIpc) is 2.45. The quantitative estimate of drug-likeness (QED) is 0.747. The Morgan fingerprint density at radius 2 is 2.06 bits per heavy atom. The molecule has 6 heteroatoms. The molecular formula is C10H15N3O3. The maximum absolute atomic E-state index is 11.2. The fraction of sp³-hybridized carbons (Fsp3) is 0.500. The SMILES string of the molecule is CNC(=O)Cn1nc(C)c(CC(=O)O)c1C. The van der Waals surface area contributed by atoms with Crippen LogP contribution in [0.5, 0.6) is 0 Å². The van der Waals surface area contributed by atoms with Gasteiger partial charge in [-0.05, 0) is 13.8 Å². The van der Waals surface area contributed by atoms with Gasteiger partial charge in [0.15, 0.2) is 0 Å². The molecule has 0 spiro atoms. The van der Waals surface area contributed by atoms with Gasteiger partial charge in [-0.15, -0.1) is 0 Å². The van der Waals surface area contributed by atoms with Gasteiger partial charge in [-0.1, -0.05) is 0 Å². The lowest BCUT2D eigenvalue weighted by atomic mass is 10.1. The minimum absolute atomic E-state index is 0.0641. The van der Waals surface area contributed by atoms with Gasteiger partial charge in [-0.25, -0.2) is 0 Å². The van der Waals surface area contributed by atoms with Gasteiger partial charge in [0.25, 0.3) is 0 Å². The number of carboxylic acid groups (broad SMARTS) is 1. The Balaban J connectivity index is 2.97. The molecule has 0 saturated carbocycles. The second kappa shape index (κ2) is 4.78. The molecule has 0 fully saturated rings. The normalized spacial score (nSPS) is 10.2. The third-order valence-electron chi connectivity index (χ3n) is 2.43. The Bertz CT molecular complexity index is 423. The molecule has 1 rings (SSSR count). The highest BCUT2D eigenvalue weighted by atomic mass is 16.4. The summed E-state index contributed by atoms with van der Waals surface area (Å²) in [6.45, 7) is 3.62. The molecule has 0 atom stereocenters. The molecule has 1 heterocycles. The van der Waals surface area contributed by atoms with E-state index in [1.54, 1.807) is 20.9 Å². The lowest BCUT2D eigenvalue weighted by Crippen LogP contribution is -2.24. The van der Waals surface area contributed by atoms with Crippen molar-refractivity contribution in [3.05, 3.63) is 17.0 Å². The number of rotatable bonds is 4. The van der Waals surface area contributed by atoms with Crippen LogP contribution in [-0.4, -0.2) is 33.8 Å². The van der Waals surface area contributed by atoms with Crippen LogP contribution in [0.4, 0.5) is 0 Å². The lowest BCUT2D eigenvalue weighted by molar-refractivity contribution is -0.136. The summed E-state index contributed by atoms with van der Waals surface area (Å²) in [5, 5.41) is 15.4. The summed E-state index contributed by atoms with van der Waals surface area (Å²) in [5.74, 6) is -1.06. The fourth-order valence-electron chi connectivity index (χ4n) is 1.51. The minimum atomic E-state index is -0.898. The van der Waals surface area contributed by atoms with E-state index >= 15 is 0 Å². The summed E-state index contributed by atoms with van der Waals surface area (Å²) in [6.07, 6.45) is -0.0641. The first kappa shape index (κ1) is 12.2. The molecule has 88 valence electrons. The van der Waals surface area contributed by atoms with E-state index in [1.165, 1.54) is 4.68 Å². The molecule has 1 amide bonds. The second-order valence-corrected chi connectivity index (χ2v) is 3.55. The van der Waals surface area contributed by atoms with Gasteiger partial charge >= 0.3 is 5.97 Å². The third kappa shape index (κ3) is 2.59. The van der Waals surface area contributed by atoms with E-state index in [0.717, 1.165) is 5.69 Å². The summed E-state index contributed by atoms with van der Waals surface area (Å²) in [5.41, 5.74) is 2.06. The van der Waals surface area contributed by atoms with Crippen LogP contribution in [0.3, 0.4) is 0 Å². The van der Waals surface area contributed by atoms with Crippen molar-refractivity contribution in [2.45, 2.75) is 26.8 Å². The molecule has 2 N–H and O–H groups in total. The van der Waals surface area contributed by atoms with Crippen molar-refractivity contribution in [1.82, 2.24) is 15.1 Å². The molecule has 0 saturated heterocycles. The van der Waals surface area contributed by atoms with Crippen LogP contribution >= 0.6 is 0 Å². The number of likely N-dealkylation sites (N-methyl/N-ethyl adjacent to an activating group) is 1. The molecule has 0 aliphatic rings. The van der Waals surface area contributed by atoms with Crippen molar-refractivity contribution >= 4 is 11.9 Å². The molecule has 0 radical (unpaired) electrons. The number of nitrogens with one attached hydrogen (secondary N) is 1. The van der Waals surface area contributed by atoms with Crippen LogP contribution in [0.2, 0.25) is 0 Å². The summed E-state index contributed by atoms with van der Waals surface area (Å²) < 4.78 is 1.52. The molecule has 1 aromatic rings. The van der Waals surface area contributed by atoms with E-state index in [1.807, 2.05) is 0 Å². The van der Waals surface area contributed by atoms with Gasteiger partial charge in [0.2, 0.25) is 5.91 Å². The first-order chi connectivity index (χ1) is 7.45. The van der Waals surface area contributed by atoms with Crippen LogP contribution in [0.25, 0.3) is 0 Å². The summed E-state index contributed by atoms with van der Waals surface area (Å²) in [7, 11) is 1.55. The smallest absolute Gasteiger partial charge is 0.307 e. The van der Waals surface area contributed by atoms with Crippen molar-refractivity contribution in [1.29, 1.82) is 0 Å². The number of aliphatic carboxylic acids is 1. The summed E-state index contributed by atoms with van der Waals surface area (Å²) in [6, 6.07) is 0. The fourth-order valence-corrected chi connectivity index (χ4v) is 1.51. The van der Waals surface area contributed by atoms with Crippen LogP contribution in [-0.2, 0) is 22.6 Å². The van der Waals surface area contributed by atoms with Crippen molar-refractivity contribution in [3.8, 4) is 0 Å². The third-order valence-corrected chi connectivity index (χ3v) is 2.43. The zero-order chi connectivity index (χ0) is 12.3. The summed E-state index contributed by atoms with van der Waals surface area (Å²) >= 11 is 0. The van der Waals surface area contributed by atoms with Gasteiger partial charge in [0, 0.05) is 18.3 Å². The van der Waals surface area contributed by atoms with Crippen molar-refractivity contribution in [2.75, 3.05) is 7.05 Å². The largest absolute Gasteiger partial charge is 0.481 e. The molecule has 16 heavy (non-hydrogen) atoms. The zero-order valence-corrected chi connectivity index (χ0v) is 9.57. The van der Waals surface area contributed by atoms with E-state index in [2.05, 4.69) is 10.4 Å². The minimum Gasteiger partial charge on any atom is -0.481 e. The van der Waals surface area contributed by atoms with Crippen LogP contribution in [0.1, 0.15) is 17.0 Å². The highest BCUT2D eigenvalue weighted by Gasteiger charge is 2.15. The number of aromatic nitrogens is 2. The number of aryl methyl sites for hydroxylation is 1. The average molecular weight is 225 g/mol. The van der Waals surface area contributed by atoms with Gasteiger partial charge in [0.05, 0.1) is 12.1 Å². The highest BCUT2D eigenvalue weighted by Crippen LogP contribution is 2.13. The predicted octanol–water partition coefficient (Wildman–Crippen LogP) is -0.127. The number of carbonyl (C=O) groups is 2. The van der Waals surface area contributed by atoms with Crippen molar-refractivity contribution in [3.63, 3.8) is 0 Å².